The Morgan fingerprint density at radius 3 is 2.56 bits per heavy atom. The Morgan fingerprint density at radius 1 is 1.11 bits per heavy atom. The van der Waals surface area contributed by atoms with Gasteiger partial charge in [-0.25, -0.2) is 8.78 Å². The highest BCUT2D eigenvalue weighted by atomic mass is 35.5. The van der Waals surface area contributed by atoms with Crippen molar-refractivity contribution in [3.8, 4) is 0 Å². The molecule has 2 rings (SSSR count). The van der Waals surface area contributed by atoms with Crippen molar-refractivity contribution in [2.75, 3.05) is 0 Å². The molecule has 1 atom stereocenters. The molecule has 0 radical (unpaired) electrons. The van der Waals surface area contributed by atoms with E-state index < -0.39 is 11.9 Å². The number of rotatable bonds is 3. The van der Waals surface area contributed by atoms with Crippen molar-refractivity contribution in [2.45, 2.75) is 12.5 Å². The molecule has 2 aromatic carbocycles. The van der Waals surface area contributed by atoms with E-state index in [1.54, 1.807) is 24.3 Å². The van der Waals surface area contributed by atoms with Crippen LogP contribution in [0.15, 0.2) is 42.5 Å². The van der Waals surface area contributed by atoms with E-state index in [4.69, 9.17) is 17.3 Å². The van der Waals surface area contributed by atoms with E-state index in [2.05, 4.69) is 0 Å². The Bertz CT molecular complexity index is 557. The smallest absolute Gasteiger partial charge is 0.145 e. The van der Waals surface area contributed by atoms with Gasteiger partial charge in [-0.1, -0.05) is 35.9 Å². The number of halogens is 3. The van der Waals surface area contributed by atoms with Crippen molar-refractivity contribution in [1.82, 2.24) is 0 Å². The van der Waals surface area contributed by atoms with Gasteiger partial charge in [0, 0.05) is 6.04 Å². The summed E-state index contributed by atoms with van der Waals surface area (Å²) < 4.78 is 26.8. The second-order valence-electron chi connectivity index (χ2n) is 4.08. The van der Waals surface area contributed by atoms with Crippen molar-refractivity contribution in [3.63, 3.8) is 0 Å². The summed E-state index contributed by atoms with van der Waals surface area (Å²) >= 11 is 5.69. The summed E-state index contributed by atoms with van der Waals surface area (Å²) in [4.78, 5) is 0. The fraction of sp³-hybridized carbons (Fsp3) is 0.143. The molecule has 0 fully saturated rings. The minimum Gasteiger partial charge on any atom is -0.324 e. The Kier molecular flexibility index (Phi) is 3.94. The Hall–Kier alpha value is -1.45. The predicted molar refractivity (Wildman–Crippen MR) is 68.4 cm³/mol. The van der Waals surface area contributed by atoms with Crippen LogP contribution in [-0.4, -0.2) is 0 Å². The Labute approximate surface area is 109 Å². The molecule has 1 nitrogen and oxygen atoms in total. The van der Waals surface area contributed by atoms with E-state index in [1.165, 1.54) is 18.2 Å². The lowest BCUT2D eigenvalue weighted by Crippen LogP contribution is -2.14. The standard InChI is InChI=1S/C14H12ClF2N/c15-12-6-2-4-10(14(12)17)8-13(18)9-3-1-5-11(16)7-9/h1-7,13H,8,18H2. The molecule has 0 aliphatic heterocycles. The summed E-state index contributed by atoms with van der Waals surface area (Å²) in [5.74, 6) is -0.819. The zero-order chi connectivity index (χ0) is 13.1. The van der Waals surface area contributed by atoms with Crippen LogP contribution in [0, 0.1) is 11.6 Å². The topological polar surface area (TPSA) is 26.0 Å². The average Bonchev–Trinajstić information content (AvgIpc) is 2.35. The Balaban J connectivity index is 2.21. The molecule has 0 heterocycles. The van der Waals surface area contributed by atoms with Gasteiger partial charge in [-0.15, -0.1) is 0 Å². The SMILES string of the molecule is NC(Cc1cccc(Cl)c1F)c1cccc(F)c1. The zero-order valence-corrected chi connectivity index (χ0v) is 10.3. The van der Waals surface area contributed by atoms with Crippen molar-refractivity contribution in [1.29, 1.82) is 0 Å². The van der Waals surface area contributed by atoms with Gasteiger partial charge in [0.25, 0.3) is 0 Å². The first-order valence-corrected chi connectivity index (χ1v) is 5.89. The minimum absolute atomic E-state index is 0.0685. The molecule has 2 aromatic rings. The molecule has 0 aliphatic carbocycles. The molecule has 94 valence electrons. The quantitative estimate of drug-likeness (QED) is 0.898. The molecule has 0 aliphatic rings. The van der Waals surface area contributed by atoms with Crippen LogP contribution in [0.5, 0.6) is 0 Å². The fourth-order valence-electron chi connectivity index (χ4n) is 1.80. The molecule has 0 bridgehead atoms. The predicted octanol–water partition coefficient (Wildman–Crippen LogP) is 3.86. The van der Waals surface area contributed by atoms with E-state index in [1.807, 2.05) is 0 Å². The number of hydrogen-bond acceptors (Lipinski definition) is 1. The average molecular weight is 268 g/mol. The number of nitrogens with two attached hydrogens (primary N) is 1. The van der Waals surface area contributed by atoms with Gasteiger partial charge in [0.05, 0.1) is 5.02 Å². The first-order chi connectivity index (χ1) is 8.58. The fourth-order valence-corrected chi connectivity index (χ4v) is 1.99. The molecular weight excluding hydrogens is 256 g/mol. The first kappa shape index (κ1) is 13.0. The summed E-state index contributed by atoms with van der Waals surface area (Å²) in [6, 6.07) is 10.3. The summed E-state index contributed by atoms with van der Waals surface area (Å²) in [7, 11) is 0. The van der Waals surface area contributed by atoms with Crippen LogP contribution in [0.25, 0.3) is 0 Å². The lowest BCUT2D eigenvalue weighted by Gasteiger charge is -2.13. The van der Waals surface area contributed by atoms with Gasteiger partial charge in [-0.2, -0.15) is 0 Å². The molecule has 0 aromatic heterocycles. The van der Waals surface area contributed by atoms with Gasteiger partial charge < -0.3 is 5.73 Å². The van der Waals surface area contributed by atoms with E-state index in [-0.39, 0.29) is 17.3 Å². The molecule has 18 heavy (non-hydrogen) atoms. The van der Waals surface area contributed by atoms with Gasteiger partial charge in [0.2, 0.25) is 0 Å². The lowest BCUT2D eigenvalue weighted by molar-refractivity contribution is 0.589. The second kappa shape index (κ2) is 5.46. The summed E-state index contributed by atoms with van der Waals surface area (Å²) in [5, 5.41) is 0.0685. The van der Waals surface area contributed by atoms with Crippen molar-refractivity contribution >= 4 is 11.6 Å². The first-order valence-electron chi connectivity index (χ1n) is 5.52. The maximum atomic E-state index is 13.7. The van der Waals surface area contributed by atoms with Crippen LogP contribution in [0.3, 0.4) is 0 Å². The molecular formula is C14H12ClF2N. The van der Waals surface area contributed by atoms with Crippen molar-refractivity contribution < 1.29 is 8.78 Å². The van der Waals surface area contributed by atoms with Crippen LogP contribution < -0.4 is 5.73 Å². The second-order valence-corrected chi connectivity index (χ2v) is 4.49. The van der Waals surface area contributed by atoms with Gasteiger partial charge in [-0.3, -0.25) is 0 Å². The molecule has 0 saturated heterocycles. The number of benzene rings is 2. The van der Waals surface area contributed by atoms with Crippen LogP contribution >= 0.6 is 11.6 Å². The van der Waals surface area contributed by atoms with Crippen LogP contribution in [0.1, 0.15) is 17.2 Å². The molecule has 0 saturated carbocycles. The maximum absolute atomic E-state index is 13.7. The van der Waals surface area contributed by atoms with Crippen LogP contribution in [-0.2, 0) is 6.42 Å². The Morgan fingerprint density at radius 2 is 1.83 bits per heavy atom. The zero-order valence-electron chi connectivity index (χ0n) is 9.54. The molecule has 0 amide bonds. The summed E-state index contributed by atoms with van der Waals surface area (Å²) in [6.45, 7) is 0. The highest BCUT2D eigenvalue weighted by Crippen LogP contribution is 2.23. The van der Waals surface area contributed by atoms with Crippen molar-refractivity contribution in [3.05, 3.63) is 70.2 Å². The monoisotopic (exact) mass is 267 g/mol. The van der Waals surface area contributed by atoms with Gasteiger partial charge in [0.1, 0.15) is 11.6 Å². The molecule has 4 heteroatoms. The van der Waals surface area contributed by atoms with E-state index >= 15 is 0 Å². The van der Waals surface area contributed by atoms with Crippen LogP contribution in [0.2, 0.25) is 5.02 Å². The molecule has 0 spiro atoms. The normalized spacial score (nSPS) is 12.4. The third-order valence-corrected chi connectivity index (χ3v) is 3.04. The third-order valence-electron chi connectivity index (χ3n) is 2.75. The lowest BCUT2D eigenvalue weighted by atomic mass is 9.99. The largest absolute Gasteiger partial charge is 0.324 e. The third kappa shape index (κ3) is 2.86. The summed E-state index contributed by atoms with van der Waals surface area (Å²) in [6.07, 6.45) is 0.274. The highest BCUT2D eigenvalue weighted by molar-refractivity contribution is 6.30. The van der Waals surface area contributed by atoms with Gasteiger partial charge >= 0.3 is 0 Å². The minimum atomic E-state index is -0.467. The van der Waals surface area contributed by atoms with Gasteiger partial charge in [0.15, 0.2) is 0 Å². The maximum Gasteiger partial charge on any atom is 0.145 e. The van der Waals surface area contributed by atoms with E-state index in [0.29, 0.717) is 11.1 Å². The number of hydrogen-bond donors (Lipinski definition) is 1. The van der Waals surface area contributed by atoms with Crippen molar-refractivity contribution in [2.24, 2.45) is 5.73 Å². The summed E-state index contributed by atoms with van der Waals surface area (Å²) in [5.41, 5.74) is 7.00. The molecule has 1 unspecified atom stereocenters. The van der Waals surface area contributed by atoms with E-state index in [9.17, 15) is 8.78 Å². The van der Waals surface area contributed by atoms with Crippen LogP contribution in [0.4, 0.5) is 8.78 Å². The van der Waals surface area contributed by atoms with E-state index in [0.717, 1.165) is 0 Å². The van der Waals surface area contributed by atoms with Gasteiger partial charge in [-0.05, 0) is 35.7 Å². The molecule has 2 N–H and O–H groups in total. The highest BCUT2D eigenvalue weighted by Gasteiger charge is 2.12.